The number of aromatic amines is 1. The van der Waals surface area contributed by atoms with E-state index in [1.165, 1.54) is 12.8 Å². The number of ether oxygens (including phenoxy) is 1. The predicted molar refractivity (Wildman–Crippen MR) is 76.6 cm³/mol. The molecule has 1 aromatic carbocycles. The zero-order valence-electron chi connectivity index (χ0n) is 11.4. The molecule has 106 valence electrons. The highest BCUT2D eigenvalue weighted by Crippen LogP contribution is 2.28. The summed E-state index contributed by atoms with van der Waals surface area (Å²) in [6.45, 7) is 2.22. The fourth-order valence-electron chi connectivity index (χ4n) is 2.16. The molecule has 5 heteroatoms. The number of H-pyrrole nitrogens is 1. The zero-order chi connectivity index (χ0) is 13.8. The summed E-state index contributed by atoms with van der Waals surface area (Å²) in [6.07, 6.45) is 5.19. The smallest absolute Gasteiger partial charge is 0.253 e. The minimum absolute atomic E-state index is 0.0676. The molecule has 1 aromatic heterocycles. The number of hydrogen-bond acceptors (Lipinski definition) is 3. The maximum absolute atomic E-state index is 12.1. The highest BCUT2D eigenvalue weighted by Gasteiger charge is 2.20. The third-order valence-corrected chi connectivity index (χ3v) is 3.52. The number of hydrogen-bond donors (Lipinski definition) is 2. The summed E-state index contributed by atoms with van der Waals surface area (Å²) in [5.74, 6) is 0.726. The number of rotatable bonds is 7. The van der Waals surface area contributed by atoms with Crippen LogP contribution in [0.2, 0.25) is 0 Å². The number of fused-ring (bicyclic) bond motifs is 1. The molecule has 1 aliphatic rings. The van der Waals surface area contributed by atoms with Gasteiger partial charge in [0.1, 0.15) is 0 Å². The summed E-state index contributed by atoms with van der Waals surface area (Å²) in [5.41, 5.74) is 1.42. The molecule has 0 radical (unpaired) electrons. The molecule has 1 aliphatic carbocycles. The van der Waals surface area contributed by atoms with Crippen LogP contribution < -0.4 is 5.32 Å². The van der Waals surface area contributed by atoms with E-state index in [0.717, 1.165) is 29.8 Å². The van der Waals surface area contributed by atoms with Crippen molar-refractivity contribution in [1.82, 2.24) is 15.5 Å². The van der Waals surface area contributed by atoms with Crippen LogP contribution in [0.3, 0.4) is 0 Å². The number of benzene rings is 1. The number of amides is 1. The molecule has 0 unspecified atom stereocenters. The minimum Gasteiger partial charge on any atom is -0.381 e. The van der Waals surface area contributed by atoms with Crippen LogP contribution in [0.5, 0.6) is 0 Å². The first kappa shape index (κ1) is 13.1. The number of para-hydroxylation sites is 1. The summed E-state index contributed by atoms with van der Waals surface area (Å²) < 4.78 is 5.54. The Morgan fingerprint density at radius 1 is 1.45 bits per heavy atom. The van der Waals surface area contributed by atoms with Crippen molar-refractivity contribution < 1.29 is 9.53 Å². The molecular formula is C15H19N3O2. The van der Waals surface area contributed by atoms with Gasteiger partial charge in [0.2, 0.25) is 0 Å². The first-order valence-corrected chi connectivity index (χ1v) is 7.12. The lowest BCUT2D eigenvalue weighted by Gasteiger charge is -2.06. The van der Waals surface area contributed by atoms with Crippen LogP contribution in [0, 0.1) is 5.92 Å². The van der Waals surface area contributed by atoms with E-state index in [-0.39, 0.29) is 5.91 Å². The van der Waals surface area contributed by atoms with Gasteiger partial charge in [-0.2, -0.15) is 5.10 Å². The number of nitrogens with zero attached hydrogens (tertiary/aromatic N) is 1. The van der Waals surface area contributed by atoms with Crippen molar-refractivity contribution in [1.29, 1.82) is 0 Å². The Kier molecular flexibility index (Phi) is 3.97. The third kappa shape index (κ3) is 3.17. The summed E-state index contributed by atoms with van der Waals surface area (Å²) in [6, 6.07) is 5.60. The van der Waals surface area contributed by atoms with Crippen LogP contribution >= 0.6 is 0 Å². The van der Waals surface area contributed by atoms with Crippen LogP contribution in [0.25, 0.3) is 10.9 Å². The van der Waals surface area contributed by atoms with Crippen molar-refractivity contribution in [2.24, 2.45) is 5.92 Å². The summed E-state index contributed by atoms with van der Waals surface area (Å²) in [5, 5.41) is 10.7. The van der Waals surface area contributed by atoms with Gasteiger partial charge in [-0.05, 0) is 31.2 Å². The Bertz CT molecular complexity index is 590. The molecule has 0 spiro atoms. The van der Waals surface area contributed by atoms with Crippen molar-refractivity contribution >= 4 is 16.8 Å². The van der Waals surface area contributed by atoms with Gasteiger partial charge in [0.15, 0.2) is 0 Å². The second-order valence-electron chi connectivity index (χ2n) is 5.27. The van der Waals surface area contributed by atoms with E-state index in [2.05, 4.69) is 15.5 Å². The lowest BCUT2D eigenvalue weighted by Crippen LogP contribution is -2.25. The lowest BCUT2D eigenvalue weighted by molar-refractivity contribution is 0.0939. The Labute approximate surface area is 117 Å². The summed E-state index contributed by atoms with van der Waals surface area (Å²) in [4.78, 5) is 12.1. The number of aromatic nitrogens is 2. The Balaban J connectivity index is 1.45. The molecule has 0 bridgehead atoms. The van der Waals surface area contributed by atoms with Gasteiger partial charge < -0.3 is 10.1 Å². The van der Waals surface area contributed by atoms with Crippen molar-refractivity contribution in [3.63, 3.8) is 0 Å². The van der Waals surface area contributed by atoms with Gasteiger partial charge in [-0.1, -0.05) is 12.1 Å². The fraction of sp³-hybridized carbons (Fsp3) is 0.467. The van der Waals surface area contributed by atoms with Gasteiger partial charge in [-0.25, -0.2) is 0 Å². The molecule has 1 fully saturated rings. The molecule has 2 N–H and O–H groups in total. The molecule has 1 heterocycles. The van der Waals surface area contributed by atoms with Crippen molar-refractivity contribution in [2.45, 2.75) is 19.3 Å². The molecular weight excluding hydrogens is 254 g/mol. The van der Waals surface area contributed by atoms with E-state index < -0.39 is 0 Å². The van der Waals surface area contributed by atoms with Crippen molar-refractivity contribution in [3.05, 3.63) is 30.0 Å². The van der Waals surface area contributed by atoms with E-state index in [0.29, 0.717) is 18.7 Å². The number of carbonyl (C=O) groups is 1. The predicted octanol–water partition coefficient (Wildman–Crippen LogP) is 2.11. The van der Waals surface area contributed by atoms with Crippen LogP contribution in [0.15, 0.2) is 24.4 Å². The molecule has 3 rings (SSSR count). The second-order valence-corrected chi connectivity index (χ2v) is 5.27. The SMILES string of the molecule is O=C(NCCCOCC1CC1)c1cccc2cn[nH]c12. The van der Waals surface area contributed by atoms with Gasteiger partial charge in [-0.15, -0.1) is 0 Å². The molecule has 20 heavy (non-hydrogen) atoms. The van der Waals surface area contributed by atoms with Gasteiger partial charge in [0, 0.05) is 25.1 Å². The van der Waals surface area contributed by atoms with Gasteiger partial charge in [0.25, 0.3) is 5.91 Å². The summed E-state index contributed by atoms with van der Waals surface area (Å²) in [7, 11) is 0. The Hall–Kier alpha value is -1.88. The molecule has 5 nitrogen and oxygen atoms in total. The van der Waals surface area contributed by atoms with E-state index in [9.17, 15) is 4.79 Å². The number of carbonyl (C=O) groups excluding carboxylic acids is 1. The number of nitrogens with one attached hydrogen (secondary N) is 2. The first-order valence-electron chi connectivity index (χ1n) is 7.12. The van der Waals surface area contributed by atoms with Crippen LogP contribution in [-0.4, -0.2) is 35.9 Å². The van der Waals surface area contributed by atoms with Crippen LogP contribution in [0.1, 0.15) is 29.6 Å². The van der Waals surface area contributed by atoms with E-state index >= 15 is 0 Å². The second kappa shape index (κ2) is 6.05. The highest BCUT2D eigenvalue weighted by molar-refractivity contribution is 6.05. The largest absolute Gasteiger partial charge is 0.381 e. The van der Waals surface area contributed by atoms with Crippen LogP contribution in [0.4, 0.5) is 0 Å². The quantitative estimate of drug-likeness (QED) is 0.759. The Morgan fingerprint density at radius 3 is 3.20 bits per heavy atom. The van der Waals surface area contributed by atoms with Gasteiger partial charge >= 0.3 is 0 Å². The van der Waals surface area contributed by atoms with Crippen LogP contribution in [-0.2, 0) is 4.74 Å². The normalized spacial score (nSPS) is 14.6. The zero-order valence-corrected chi connectivity index (χ0v) is 11.4. The first-order chi connectivity index (χ1) is 9.84. The topological polar surface area (TPSA) is 67.0 Å². The van der Waals surface area contributed by atoms with Crippen molar-refractivity contribution in [2.75, 3.05) is 19.8 Å². The van der Waals surface area contributed by atoms with Gasteiger partial charge in [0.05, 0.1) is 17.3 Å². The van der Waals surface area contributed by atoms with E-state index in [1.807, 2.05) is 12.1 Å². The molecule has 2 aromatic rings. The van der Waals surface area contributed by atoms with Crippen molar-refractivity contribution in [3.8, 4) is 0 Å². The molecule has 1 saturated carbocycles. The average molecular weight is 273 g/mol. The molecule has 0 atom stereocenters. The highest BCUT2D eigenvalue weighted by atomic mass is 16.5. The van der Waals surface area contributed by atoms with E-state index in [1.54, 1.807) is 12.3 Å². The molecule has 1 amide bonds. The lowest BCUT2D eigenvalue weighted by atomic mass is 10.1. The molecule has 0 saturated heterocycles. The molecule has 0 aliphatic heterocycles. The van der Waals surface area contributed by atoms with E-state index in [4.69, 9.17) is 4.74 Å². The minimum atomic E-state index is -0.0676. The standard InChI is InChI=1S/C15H19N3O2/c19-15(16-7-2-8-20-10-11-5-6-11)13-4-1-3-12-9-17-18-14(12)13/h1,3-4,9,11H,2,5-8,10H2,(H,16,19)(H,17,18). The third-order valence-electron chi connectivity index (χ3n) is 3.52. The average Bonchev–Trinajstić information content (AvgIpc) is 3.16. The summed E-state index contributed by atoms with van der Waals surface area (Å²) >= 11 is 0. The van der Waals surface area contributed by atoms with Gasteiger partial charge in [-0.3, -0.25) is 9.89 Å². The fourth-order valence-corrected chi connectivity index (χ4v) is 2.16. The maximum atomic E-state index is 12.1. The monoisotopic (exact) mass is 273 g/mol. The maximum Gasteiger partial charge on any atom is 0.253 e. The Morgan fingerprint density at radius 2 is 2.35 bits per heavy atom.